The smallest absolute Gasteiger partial charge is 2.00 e. The zero-order chi connectivity index (χ0) is 0. The molecule has 0 saturated heterocycles. The molecule has 5 heteroatoms. The molecule has 5 heavy (non-hydrogen) atoms. The van der Waals surface area contributed by atoms with Gasteiger partial charge >= 0.3 is 69.5 Å². The van der Waals surface area contributed by atoms with E-state index in [2.05, 4.69) is 0 Å². The molecule has 0 spiro atoms. The summed E-state index contributed by atoms with van der Waals surface area (Å²) in [6, 6.07) is 0. The van der Waals surface area contributed by atoms with E-state index in [1.165, 1.54) is 0 Å². The first-order chi connectivity index (χ1) is 0. The summed E-state index contributed by atoms with van der Waals surface area (Å²) in [5, 5.41) is 0. The number of rotatable bonds is 0. The summed E-state index contributed by atoms with van der Waals surface area (Å²) >= 11 is 0. The van der Waals surface area contributed by atoms with Gasteiger partial charge in [0.15, 0.2) is 0 Å². The summed E-state index contributed by atoms with van der Waals surface area (Å²) in [5.74, 6) is 0. The molecule has 0 radical (unpaired) electrons. The Morgan fingerprint density at radius 3 is 0.800 bits per heavy atom. The van der Waals surface area contributed by atoms with Crippen LogP contribution in [0.3, 0.4) is 0 Å². The Kier molecular flexibility index (Phi) is 388. The van der Waals surface area contributed by atoms with Crippen LogP contribution in [-0.4, -0.2) is 69.5 Å². The van der Waals surface area contributed by atoms with E-state index in [0.29, 0.717) is 0 Å². The molecule has 0 amide bonds. The predicted molar refractivity (Wildman–Crippen MR) is 27.0 cm³/mol. The van der Waals surface area contributed by atoms with Crippen molar-refractivity contribution in [2.75, 3.05) is 0 Å². The Bertz CT molecular complexity index is 9.61. The first kappa shape index (κ1) is 56.5. The van der Waals surface area contributed by atoms with Gasteiger partial charge in [-0.2, -0.15) is 0 Å². The van der Waals surface area contributed by atoms with Crippen LogP contribution < -0.4 is 0 Å². The second-order valence-electron chi connectivity index (χ2n) is 0. The monoisotopic (exact) mass is 342 g/mol. The molecule has 0 aliphatic heterocycles. The normalized spacial score (nSPS) is 0. The van der Waals surface area contributed by atoms with Crippen LogP contribution >= 0.6 is 0 Å². The van der Waals surface area contributed by atoms with Crippen LogP contribution in [0.5, 0.6) is 0 Å². The fraction of sp³-hybridized carbons (Fsp3) is 0. The van der Waals surface area contributed by atoms with Gasteiger partial charge in [-0.25, -0.2) is 0 Å². The van der Waals surface area contributed by atoms with Crippen molar-refractivity contribution in [1.82, 2.24) is 0 Å². The van der Waals surface area contributed by atoms with Crippen molar-refractivity contribution in [3.63, 3.8) is 0 Å². The fourth-order valence-electron chi connectivity index (χ4n) is 0. The maximum absolute atomic E-state index is 0. The quantitative estimate of drug-likeness (QED) is 0.422. The molecule has 2 nitrogen and oxygen atoms in total. The second kappa shape index (κ2) is 34.3. The minimum absolute atomic E-state index is 0. The first-order valence-corrected chi connectivity index (χ1v) is 0. The van der Waals surface area contributed by atoms with Gasteiger partial charge in [0.2, 0.25) is 0 Å². The Hall–Kier alpha value is 2.23. The van der Waals surface area contributed by atoms with Gasteiger partial charge in [-0.15, -0.1) is 0 Å². The summed E-state index contributed by atoms with van der Waals surface area (Å²) in [5.41, 5.74) is 0. The van der Waals surface area contributed by atoms with E-state index in [4.69, 9.17) is 0 Å². The van der Waals surface area contributed by atoms with Gasteiger partial charge in [0, 0.05) is 0 Å². The molecule has 0 saturated carbocycles. The van der Waals surface area contributed by atoms with Crippen LogP contribution in [0.15, 0.2) is 0 Å². The van der Waals surface area contributed by atoms with E-state index in [1.54, 1.807) is 0 Å². The van der Waals surface area contributed by atoms with Crippen molar-refractivity contribution in [1.29, 1.82) is 0 Å². The maximum atomic E-state index is 0. The van der Waals surface area contributed by atoms with Gasteiger partial charge < -0.3 is 11.0 Å². The Morgan fingerprint density at radius 2 is 0.800 bits per heavy atom. The molecule has 0 aliphatic carbocycles. The average Bonchev–Trinajstić information content (AvgIpc) is 0. The summed E-state index contributed by atoms with van der Waals surface area (Å²) in [6.45, 7) is 0. The third-order valence-corrected chi connectivity index (χ3v) is 0. The standard InChI is InChI=1S/Ga.In.2O.Sn.6H/q;;2*-2;+4;;;;;;. The van der Waals surface area contributed by atoms with E-state index in [9.17, 15) is 0 Å². The third kappa shape index (κ3) is 22.4. The van der Waals surface area contributed by atoms with Crippen molar-refractivity contribution in [3.8, 4) is 0 Å². The predicted octanol–water partition coefficient (Wildman–Crippen LogP) is -2.99. The zero-order valence-corrected chi connectivity index (χ0v) is 4.17. The van der Waals surface area contributed by atoms with Gasteiger partial charge in [0.25, 0.3) is 0 Å². The molecule has 0 fully saturated rings. The van der Waals surface area contributed by atoms with Crippen LogP contribution in [0.1, 0.15) is 0 Å². The average molecular weight is 341 g/mol. The fourth-order valence-corrected chi connectivity index (χ4v) is 0. The Balaban J connectivity index is 0. The minimum atomic E-state index is 0. The molecule has 0 rings (SSSR count). The van der Waals surface area contributed by atoms with Gasteiger partial charge in [-0.1, -0.05) is 0 Å². The number of hydrogen-bond donors (Lipinski definition) is 0. The molecule has 0 aromatic carbocycles. The minimum Gasteiger partial charge on any atom is -2.00 e. The molecular formula is H6GaInO2Sn. The van der Waals surface area contributed by atoms with Crippen molar-refractivity contribution < 1.29 is 11.0 Å². The Morgan fingerprint density at radius 1 is 0.800 bits per heavy atom. The van der Waals surface area contributed by atoms with Gasteiger partial charge in [0.1, 0.15) is 0 Å². The van der Waals surface area contributed by atoms with Crippen molar-refractivity contribution in [2.24, 2.45) is 0 Å². The Labute approximate surface area is 79.5 Å². The summed E-state index contributed by atoms with van der Waals surface area (Å²) in [4.78, 5) is 0. The molecule has 0 unspecified atom stereocenters. The van der Waals surface area contributed by atoms with Crippen molar-refractivity contribution in [2.45, 2.75) is 0 Å². The van der Waals surface area contributed by atoms with E-state index in [1.807, 2.05) is 0 Å². The largest absolute Gasteiger partial charge is 4.00 e. The maximum Gasteiger partial charge on any atom is 4.00 e. The molecule has 0 heterocycles. The summed E-state index contributed by atoms with van der Waals surface area (Å²) in [7, 11) is 0. The first-order valence-electron chi connectivity index (χ1n) is 0. The van der Waals surface area contributed by atoms with Crippen LogP contribution in [0.2, 0.25) is 0 Å². The van der Waals surface area contributed by atoms with Crippen LogP contribution in [-0.2, 0) is 11.0 Å². The molecule has 28 valence electrons. The van der Waals surface area contributed by atoms with Crippen LogP contribution in [0.4, 0.5) is 0 Å². The molecule has 0 aromatic rings. The molecule has 0 N–H and O–H groups in total. The van der Waals surface area contributed by atoms with Gasteiger partial charge in [-0.3, -0.25) is 0 Å². The number of hydrogen-bond acceptors (Lipinski definition) is 0. The topological polar surface area (TPSA) is 57.0 Å². The van der Waals surface area contributed by atoms with E-state index < -0.39 is 0 Å². The molecular weight excluding hydrogens is 335 g/mol. The molecule has 0 bridgehead atoms. The summed E-state index contributed by atoms with van der Waals surface area (Å²) in [6.07, 6.45) is 0. The summed E-state index contributed by atoms with van der Waals surface area (Å²) < 4.78 is 0. The molecule has 0 aliphatic rings. The molecule has 0 aromatic heterocycles. The SMILES string of the molecule is [GaH3].[InH3].[O-2].[O-2].[Sn+4]. The van der Waals surface area contributed by atoms with Crippen molar-refractivity contribution >= 4 is 69.5 Å². The van der Waals surface area contributed by atoms with Crippen molar-refractivity contribution in [3.05, 3.63) is 0 Å². The van der Waals surface area contributed by atoms with Gasteiger partial charge in [-0.05, 0) is 0 Å². The zero-order valence-electron chi connectivity index (χ0n) is 1.32. The second-order valence-corrected chi connectivity index (χ2v) is 0. The van der Waals surface area contributed by atoms with Crippen LogP contribution in [0.25, 0.3) is 0 Å². The van der Waals surface area contributed by atoms with Gasteiger partial charge in [0.05, 0.1) is 0 Å². The van der Waals surface area contributed by atoms with E-state index in [0.717, 1.165) is 0 Å². The molecule has 0 atom stereocenters. The van der Waals surface area contributed by atoms with Crippen LogP contribution in [0, 0.1) is 0 Å². The van der Waals surface area contributed by atoms with E-state index >= 15 is 0 Å². The third-order valence-electron chi connectivity index (χ3n) is 0. The van der Waals surface area contributed by atoms with E-state index in [-0.39, 0.29) is 80.5 Å².